The van der Waals surface area contributed by atoms with E-state index in [0.717, 1.165) is 24.9 Å². The molecular weight excluding hydrogens is 308 g/mol. The first-order chi connectivity index (χ1) is 11.1. The Labute approximate surface area is 140 Å². The average molecular weight is 337 g/mol. The van der Waals surface area contributed by atoms with Crippen LogP contribution >= 0.6 is 0 Å². The van der Waals surface area contributed by atoms with Crippen LogP contribution < -0.4 is 0 Å². The highest BCUT2D eigenvalue weighted by atomic mass is 32.2. The highest BCUT2D eigenvalue weighted by Gasteiger charge is 2.30. The van der Waals surface area contributed by atoms with Gasteiger partial charge in [-0.3, -0.25) is 0 Å². The molecule has 0 atom stereocenters. The number of hydrogen-bond donors (Lipinski definition) is 0. The smallest absolute Gasteiger partial charge is 0.243 e. The zero-order valence-electron chi connectivity index (χ0n) is 14.1. The molecule has 23 heavy (non-hydrogen) atoms. The van der Waals surface area contributed by atoms with Gasteiger partial charge in [0.1, 0.15) is 0 Å². The lowest BCUT2D eigenvalue weighted by Crippen LogP contribution is -2.42. The third kappa shape index (κ3) is 3.95. The minimum atomic E-state index is -3.33. The molecule has 0 unspecified atom stereocenters. The lowest BCUT2D eigenvalue weighted by Gasteiger charge is -2.35. The van der Waals surface area contributed by atoms with Gasteiger partial charge >= 0.3 is 0 Å². The molecule has 0 spiro atoms. The topological polar surface area (TPSA) is 40.6 Å². The molecule has 0 aromatic heterocycles. The molecule has 2 aliphatic heterocycles. The van der Waals surface area contributed by atoms with Crippen molar-refractivity contribution in [3.63, 3.8) is 0 Å². The first kappa shape index (κ1) is 16.9. The Morgan fingerprint density at radius 1 is 1.00 bits per heavy atom. The van der Waals surface area contributed by atoms with E-state index in [-0.39, 0.29) is 0 Å². The fraction of sp³-hybridized carbons (Fsp3) is 0.667. The van der Waals surface area contributed by atoms with Crippen LogP contribution in [0.5, 0.6) is 0 Å². The molecule has 2 heterocycles. The molecule has 0 amide bonds. The van der Waals surface area contributed by atoms with Crippen molar-refractivity contribution < 1.29 is 8.42 Å². The molecule has 1 aromatic carbocycles. The molecule has 0 N–H and O–H groups in total. The van der Waals surface area contributed by atoms with Gasteiger partial charge in [-0.15, -0.1) is 0 Å². The van der Waals surface area contributed by atoms with Crippen LogP contribution in [0.1, 0.15) is 37.7 Å². The zero-order chi connectivity index (χ0) is 16.3. The summed E-state index contributed by atoms with van der Waals surface area (Å²) in [7, 11) is -3.33. The third-order valence-electron chi connectivity index (χ3n) is 5.25. The van der Waals surface area contributed by atoms with E-state index in [0.29, 0.717) is 23.9 Å². The maximum Gasteiger partial charge on any atom is 0.243 e. The predicted octanol–water partition coefficient (Wildman–Crippen LogP) is 2.88. The number of benzene rings is 1. The quantitative estimate of drug-likeness (QED) is 0.849. The molecule has 0 saturated carbocycles. The van der Waals surface area contributed by atoms with E-state index < -0.39 is 10.0 Å². The van der Waals surface area contributed by atoms with Gasteiger partial charge in [0.15, 0.2) is 0 Å². The summed E-state index contributed by atoms with van der Waals surface area (Å²) in [5.41, 5.74) is 0.836. The summed E-state index contributed by atoms with van der Waals surface area (Å²) in [5, 5.41) is 0. The number of hydrogen-bond acceptors (Lipinski definition) is 3. The number of sulfonamides is 1. The second kappa shape index (κ2) is 7.32. The van der Waals surface area contributed by atoms with Gasteiger partial charge in [0, 0.05) is 19.6 Å². The molecule has 2 fully saturated rings. The fourth-order valence-corrected chi connectivity index (χ4v) is 5.52. The Kier molecular flexibility index (Phi) is 5.39. The highest BCUT2D eigenvalue weighted by molar-refractivity contribution is 7.89. The Balaban J connectivity index is 1.59. The van der Waals surface area contributed by atoms with Gasteiger partial charge < -0.3 is 4.90 Å². The van der Waals surface area contributed by atoms with Gasteiger partial charge in [-0.25, -0.2) is 8.42 Å². The largest absolute Gasteiger partial charge is 0.303 e. The molecule has 2 aliphatic rings. The molecule has 4 nitrogen and oxygen atoms in total. The first-order valence-electron chi connectivity index (χ1n) is 8.85. The summed E-state index contributed by atoms with van der Waals surface area (Å²) in [6.07, 6.45) is 5.98. The van der Waals surface area contributed by atoms with Crippen LogP contribution in [0, 0.1) is 12.8 Å². The Bertz CT molecular complexity index is 616. The average Bonchev–Trinajstić information content (AvgIpc) is 2.56. The van der Waals surface area contributed by atoms with Gasteiger partial charge in [0.25, 0.3) is 0 Å². The van der Waals surface area contributed by atoms with Crippen molar-refractivity contribution in [1.82, 2.24) is 9.21 Å². The van der Waals surface area contributed by atoms with E-state index >= 15 is 0 Å². The zero-order valence-corrected chi connectivity index (χ0v) is 14.9. The summed E-state index contributed by atoms with van der Waals surface area (Å²) in [6.45, 7) is 6.79. The van der Waals surface area contributed by atoms with Gasteiger partial charge in [-0.1, -0.05) is 24.6 Å². The molecular formula is C18H28N2O2S. The summed E-state index contributed by atoms with van der Waals surface area (Å²) in [5.74, 6) is 0.649. The van der Waals surface area contributed by atoms with Crippen LogP contribution in [0.25, 0.3) is 0 Å². The monoisotopic (exact) mass is 336 g/mol. The SMILES string of the molecule is Cc1ccccc1S(=O)(=O)N1CCC(CN2CCCCC2)CC1. The van der Waals surface area contributed by atoms with Crippen LogP contribution in [-0.4, -0.2) is 50.3 Å². The minimum Gasteiger partial charge on any atom is -0.303 e. The van der Waals surface area contributed by atoms with Crippen molar-refractivity contribution in [3.8, 4) is 0 Å². The molecule has 128 valence electrons. The molecule has 2 saturated heterocycles. The number of piperidine rings is 2. The molecule has 0 radical (unpaired) electrons. The van der Waals surface area contributed by atoms with E-state index in [1.165, 1.54) is 32.4 Å². The molecule has 5 heteroatoms. The van der Waals surface area contributed by atoms with E-state index in [4.69, 9.17) is 0 Å². The third-order valence-corrected chi connectivity index (χ3v) is 7.31. The van der Waals surface area contributed by atoms with Crippen molar-refractivity contribution in [1.29, 1.82) is 0 Å². The van der Waals surface area contributed by atoms with E-state index in [1.54, 1.807) is 10.4 Å². The second-order valence-corrected chi connectivity index (χ2v) is 8.88. The molecule has 1 aromatic rings. The standard InChI is InChI=1S/C18H28N2O2S/c1-16-7-3-4-8-18(16)23(21,22)20-13-9-17(10-14-20)15-19-11-5-2-6-12-19/h3-4,7-8,17H,2,5-6,9-15H2,1H3. The van der Waals surface area contributed by atoms with E-state index in [2.05, 4.69) is 4.90 Å². The lowest BCUT2D eigenvalue weighted by atomic mass is 9.96. The van der Waals surface area contributed by atoms with Crippen LogP contribution in [0.2, 0.25) is 0 Å². The number of aryl methyl sites for hydroxylation is 1. The highest BCUT2D eigenvalue weighted by Crippen LogP contribution is 2.26. The van der Waals surface area contributed by atoms with Crippen molar-refractivity contribution in [3.05, 3.63) is 29.8 Å². The maximum atomic E-state index is 12.8. The first-order valence-corrected chi connectivity index (χ1v) is 10.3. The summed E-state index contributed by atoms with van der Waals surface area (Å²) in [4.78, 5) is 3.04. The van der Waals surface area contributed by atoms with Crippen molar-refractivity contribution in [2.45, 2.75) is 43.9 Å². The Hall–Kier alpha value is -0.910. The maximum absolute atomic E-state index is 12.8. The summed E-state index contributed by atoms with van der Waals surface area (Å²) in [6, 6.07) is 7.29. The Morgan fingerprint density at radius 3 is 2.30 bits per heavy atom. The van der Waals surface area contributed by atoms with Gasteiger partial charge in [-0.05, 0) is 63.2 Å². The number of nitrogens with zero attached hydrogens (tertiary/aromatic N) is 2. The van der Waals surface area contributed by atoms with Crippen LogP contribution in [0.4, 0.5) is 0 Å². The van der Waals surface area contributed by atoms with Gasteiger partial charge in [-0.2, -0.15) is 4.31 Å². The normalized spacial score (nSPS) is 22.3. The fourth-order valence-electron chi connectivity index (χ4n) is 3.82. The van der Waals surface area contributed by atoms with Crippen molar-refractivity contribution >= 4 is 10.0 Å². The lowest BCUT2D eigenvalue weighted by molar-refractivity contribution is 0.161. The summed E-state index contributed by atoms with van der Waals surface area (Å²) < 4.78 is 27.3. The number of likely N-dealkylation sites (tertiary alicyclic amines) is 1. The van der Waals surface area contributed by atoms with Crippen LogP contribution in [0.3, 0.4) is 0 Å². The second-order valence-electron chi connectivity index (χ2n) is 6.97. The minimum absolute atomic E-state index is 0.467. The molecule has 3 rings (SSSR count). The van der Waals surface area contributed by atoms with Crippen molar-refractivity contribution in [2.75, 3.05) is 32.7 Å². The molecule has 0 aliphatic carbocycles. The van der Waals surface area contributed by atoms with Gasteiger partial charge in [0.05, 0.1) is 4.90 Å². The van der Waals surface area contributed by atoms with Crippen molar-refractivity contribution in [2.24, 2.45) is 5.92 Å². The van der Waals surface area contributed by atoms with Crippen LogP contribution in [0.15, 0.2) is 29.2 Å². The Morgan fingerprint density at radius 2 is 1.65 bits per heavy atom. The molecule has 0 bridgehead atoms. The van der Waals surface area contributed by atoms with Gasteiger partial charge in [0.2, 0.25) is 10.0 Å². The predicted molar refractivity (Wildman–Crippen MR) is 93.0 cm³/mol. The van der Waals surface area contributed by atoms with E-state index in [9.17, 15) is 8.42 Å². The summed E-state index contributed by atoms with van der Waals surface area (Å²) >= 11 is 0. The van der Waals surface area contributed by atoms with E-state index in [1.807, 2.05) is 25.1 Å². The number of rotatable bonds is 4. The van der Waals surface area contributed by atoms with Crippen LogP contribution in [-0.2, 0) is 10.0 Å².